The van der Waals surface area contributed by atoms with Gasteiger partial charge in [-0.15, -0.1) is 0 Å². The summed E-state index contributed by atoms with van der Waals surface area (Å²) in [6, 6.07) is 14.4. The number of nitrogens with one attached hydrogen (secondary N) is 1. The lowest BCUT2D eigenvalue weighted by Gasteiger charge is -2.10. The van der Waals surface area contributed by atoms with Crippen molar-refractivity contribution in [1.82, 2.24) is 5.32 Å². The van der Waals surface area contributed by atoms with Gasteiger partial charge in [-0.05, 0) is 24.1 Å². The molecule has 1 atom stereocenters. The van der Waals surface area contributed by atoms with Crippen molar-refractivity contribution < 1.29 is 13.9 Å². The number of hydrogen-bond donors (Lipinski definition) is 1. The van der Waals surface area contributed by atoms with Crippen molar-refractivity contribution in [3.05, 3.63) is 65.5 Å². The monoisotopic (exact) mass is 299 g/mol. The maximum absolute atomic E-state index is 13.5. The van der Waals surface area contributed by atoms with Crippen LogP contribution in [-0.4, -0.2) is 19.1 Å². The molecule has 0 bridgehead atoms. The Morgan fingerprint density at radius 1 is 1.18 bits per heavy atom. The van der Waals surface area contributed by atoms with Gasteiger partial charge in [0.05, 0.1) is 6.61 Å². The Balaban J connectivity index is 1.49. The van der Waals surface area contributed by atoms with Gasteiger partial charge >= 0.3 is 0 Å². The molecule has 2 aromatic carbocycles. The zero-order valence-corrected chi connectivity index (χ0v) is 12.2. The molecule has 22 heavy (non-hydrogen) atoms. The SMILES string of the molecule is O=C(CC1COc2ccccc21)NCCc1ccccc1F. The van der Waals surface area contributed by atoms with E-state index in [-0.39, 0.29) is 17.6 Å². The average Bonchev–Trinajstić information content (AvgIpc) is 2.92. The van der Waals surface area contributed by atoms with Crippen molar-refractivity contribution >= 4 is 5.91 Å². The van der Waals surface area contributed by atoms with Crippen LogP contribution in [0.4, 0.5) is 4.39 Å². The normalized spacial score (nSPS) is 16.0. The highest BCUT2D eigenvalue weighted by Gasteiger charge is 2.25. The Kier molecular flexibility index (Phi) is 4.37. The topological polar surface area (TPSA) is 38.3 Å². The van der Waals surface area contributed by atoms with E-state index >= 15 is 0 Å². The van der Waals surface area contributed by atoms with Crippen LogP contribution in [0.1, 0.15) is 23.5 Å². The van der Waals surface area contributed by atoms with Crippen LogP contribution in [0.25, 0.3) is 0 Å². The van der Waals surface area contributed by atoms with Gasteiger partial charge < -0.3 is 10.1 Å². The lowest BCUT2D eigenvalue weighted by molar-refractivity contribution is -0.121. The first-order valence-electron chi connectivity index (χ1n) is 7.46. The molecule has 1 heterocycles. The number of halogens is 1. The lowest BCUT2D eigenvalue weighted by Crippen LogP contribution is -2.27. The number of hydrogen-bond acceptors (Lipinski definition) is 2. The van der Waals surface area contributed by atoms with Crippen LogP contribution in [0, 0.1) is 5.82 Å². The summed E-state index contributed by atoms with van der Waals surface area (Å²) in [5, 5.41) is 2.85. The van der Waals surface area contributed by atoms with E-state index in [1.54, 1.807) is 18.2 Å². The van der Waals surface area contributed by atoms with Crippen molar-refractivity contribution in [2.24, 2.45) is 0 Å². The summed E-state index contributed by atoms with van der Waals surface area (Å²) in [6.45, 7) is 0.981. The fraction of sp³-hybridized carbons (Fsp3) is 0.278. The molecule has 0 saturated carbocycles. The van der Waals surface area contributed by atoms with Crippen molar-refractivity contribution in [2.75, 3.05) is 13.2 Å². The van der Waals surface area contributed by atoms with Gasteiger partial charge in [0.1, 0.15) is 11.6 Å². The third kappa shape index (κ3) is 3.27. The van der Waals surface area contributed by atoms with Gasteiger partial charge in [0.25, 0.3) is 0 Å². The summed E-state index contributed by atoms with van der Waals surface area (Å²) >= 11 is 0. The highest BCUT2D eigenvalue weighted by Crippen LogP contribution is 2.35. The molecule has 0 aromatic heterocycles. The van der Waals surface area contributed by atoms with E-state index in [1.807, 2.05) is 24.3 Å². The van der Waals surface area contributed by atoms with E-state index in [4.69, 9.17) is 4.74 Å². The van der Waals surface area contributed by atoms with E-state index < -0.39 is 0 Å². The van der Waals surface area contributed by atoms with E-state index in [2.05, 4.69) is 5.32 Å². The number of amides is 1. The minimum atomic E-state index is -0.227. The summed E-state index contributed by atoms with van der Waals surface area (Å²) in [4.78, 5) is 12.0. The molecule has 1 aliphatic rings. The van der Waals surface area contributed by atoms with Crippen LogP contribution in [0.15, 0.2) is 48.5 Å². The second kappa shape index (κ2) is 6.60. The Labute approximate surface area is 129 Å². The number of para-hydroxylation sites is 1. The van der Waals surface area contributed by atoms with E-state index in [9.17, 15) is 9.18 Å². The molecule has 0 saturated heterocycles. The molecule has 114 valence electrons. The quantitative estimate of drug-likeness (QED) is 0.921. The second-order valence-corrected chi connectivity index (χ2v) is 5.44. The molecule has 0 aliphatic carbocycles. The third-order valence-electron chi connectivity index (χ3n) is 3.90. The smallest absolute Gasteiger partial charge is 0.220 e. The molecular formula is C18H18FNO2. The molecule has 1 unspecified atom stereocenters. The van der Waals surface area contributed by atoms with Crippen molar-refractivity contribution in [3.63, 3.8) is 0 Å². The largest absolute Gasteiger partial charge is 0.493 e. The predicted molar refractivity (Wildman–Crippen MR) is 82.4 cm³/mol. The van der Waals surface area contributed by atoms with Gasteiger partial charge in [-0.1, -0.05) is 36.4 Å². The fourth-order valence-corrected chi connectivity index (χ4v) is 2.73. The van der Waals surface area contributed by atoms with Gasteiger partial charge in [-0.2, -0.15) is 0 Å². The van der Waals surface area contributed by atoms with E-state index in [0.29, 0.717) is 31.6 Å². The van der Waals surface area contributed by atoms with Gasteiger partial charge in [0.2, 0.25) is 5.91 Å². The second-order valence-electron chi connectivity index (χ2n) is 5.44. The fourth-order valence-electron chi connectivity index (χ4n) is 2.73. The number of ether oxygens (including phenoxy) is 1. The van der Waals surface area contributed by atoms with Crippen LogP contribution >= 0.6 is 0 Å². The van der Waals surface area contributed by atoms with E-state index in [0.717, 1.165) is 11.3 Å². The van der Waals surface area contributed by atoms with Crippen LogP contribution in [0.5, 0.6) is 5.75 Å². The molecule has 0 radical (unpaired) electrons. The molecule has 0 spiro atoms. The van der Waals surface area contributed by atoms with Crippen LogP contribution in [0.3, 0.4) is 0 Å². The van der Waals surface area contributed by atoms with Gasteiger partial charge in [-0.3, -0.25) is 4.79 Å². The minimum absolute atomic E-state index is 0.0263. The maximum atomic E-state index is 13.5. The van der Waals surface area contributed by atoms with Crippen LogP contribution in [-0.2, 0) is 11.2 Å². The number of carbonyl (C=O) groups is 1. The maximum Gasteiger partial charge on any atom is 0.220 e. The summed E-state index contributed by atoms with van der Waals surface area (Å²) in [5.41, 5.74) is 1.71. The van der Waals surface area contributed by atoms with Crippen LogP contribution < -0.4 is 10.1 Å². The molecular weight excluding hydrogens is 281 g/mol. The highest BCUT2D eigenvalue weighted by atomic mass is 19.1. The third-order valence-corrected chi connectivity index (χ3v) is 3.90. The van der Waals surface area contributed by atoms with Gasteiger partial charge in [0, 0.05) is 24.4 Å². The predicted octanol–water partition coefficient (Wildman–Crippen LogP) is 3.05. The number of benzene rings is 2. The summed E-state index contributed by atoms with van der Waals surface area (Å²) in [6.07, 6.45) is 0.893. The lowest BCUT2D eigenvalue weighted by atomic mass is 9.97. The van der Waals surface area contributed by atoms with Crippen molar-refractivity contribution in [3.8, 4) is 5.75 Å². The van der Waals surface area contributed by atoms with Crippen LogP contribution in [0.2, 0.25) is 0 Å². The van der Waals surface area contributed by atoms with E-state index in [1.165, 1.54) is 6.07 Å². The van der Waals surface area contributed by atoms with Crippen molar-refractivity contribution in [1.29, 1.82) is 0 Å². The number of carbonyl (C=O) groups excluding carboxylic acids is 1. The average molecular weight is 299 g/mol. The Hall–Kier alpha value is -2.36. The molecule has 1 N–H and O–H groups in total. The Morgan fingerprint density at radius 2 is 1.95 bits per heavy atom. The summed E-state index contributed by atoms with van der Waals surface area (Å²) < 4.78 is 19.0. The Bertz CT molecular complexity index is 672. The molecule has 2 aromatic rings. The first-order valence-corrected chi connectivity index (χ1v) is 7.46. The molecule has 3 nitrogen and oxygen atoms in total. The molecule has 3 rings (SSSR count). The summed E-state index contributed by atoms with van der Waals surface area (Å²) in [7, 11) is 0. The zero-order chi connectivity index (χ0) is 15.4. The minimum Gasteiger partial charge on any atom is -0.493 e. The summed E-state index contributed by atoms with van der Waals surface area (Å²) in [5.74, 6) is 0.716. The highest BCUT2D eigenvalue weighted by molar-refractivity contribution is 5.77. The van der Waals surface area contributed by atoms with Gasteiger partial charge in [-0.25, -0.2) is 4.39 Å². The molecule has 4 heteroatoms. The number of rotatable bonds is 5. The zero-order valence-electron chi connectivity index (χ0n) is 12.2. The molecule has 0 fully saturated rings. The molecule has 1 amide bonds. The Morgan fingerprint density at radius 3 is 2.82 bits per heavy atom. The number of fused-ring (bicyclic) bond motifs is 1. The van der Waals surface area contributed by atoms with Crippen molar-refractivity contribution in [2.45, 2.75) is 18.8 Å². The standard InChI is InChI=1S/C18H18FNO2/c19-16-7-3-1-5-13(16)9-10-20-18(21)11-14-12-22-17-8-4-2-6-15(14)17/h1-8,14H,9-12H2,(H,20,21). The molecule has 1 aliphatic heterocycles. The van der Waals surface area contributed by atoms with Gasteiger partial charge in [0.15, 0.2) is 0 Å². The first kappa shape index (κ1) is 14.6. The first-order chi connectivity index (χ1) is 10.7.